The van der Waals surface area contributed by atoms with E-state index in [0.717, 1.165) is 31.2 Å². The summed E-state index contributed by atoms with van der Waals surface area (Å²) < 4.78 is 5.15. The number of aromatic hydroxyl groups is 1. The number of terminal acetylenes is 1. The number of aliphatic hydroxyl groups is 2. The van der Waals surface area contributed by atoms with Gasteiger partial charge in [0.15, 0.2) is 0 Å². The van der Waals surface area contributed by atoms with Crippen LogP contribution >= 0.6 is 0 Å². The topological polar surface area (TPSA) is 114 Å². The van der Waals surface area contributed by atoms with Gasteiger partial charge in [0, 0.05) is 12.8 Å². The first-order valence-electron chi connectivity index (χ1n) is 10.8. The Morgan fingerprint density at radius 2 is 1.75 bits per heavy atom. The van der Waals surface area contributed by atoms with Crippen LogP contribution in [0.5, 0.6) is 5.75 Å². The van der Waals surface area contributed by atoms with Crippen molar-refractivity contribution >= 4 is 0 Å². The van der Waals surface area contributed by atoms with Gasteiger partial charge >= 0.3 is 0 Å². The summed E-state index contributed by atoms with van der Waals surface area (Å²) in [5, 5.41) is 44.6. The normalized spacial score (nSPS) is 20.3. The second kappa shape index (κ2) is 13.9. The molecule has 1 saturated heterocycles. The zero-order chi connectivity index (χ0) is 23.3. The lowest BCUT2D eigenvalue weighted by atomic mass is 10.00. The molecular formula is C25H33NO6. The molecule has 1 aliphatic heterocycles. The average molecular weight is 444 g/mol. The minimum atomic E-state index is -0.824. The molecule has 0 aromatic heterocycles. The van der Waals surface area contributed by atoms with E-state index in [2.05, 4.69) is 30.2 Å². The number of hydroxylamine groups is 2. The van der Waals surface area contributed by atoms with E-state index in [9.17, 15) is 10.2 Å². The molecule has 0 radical (unpaired) electrons. The van der Waals surface area contributed by atoms with Gasteiger partial charge in [-0.2, -0.15) is 0 Å². The molecule has 3 unspecified atom stereocenters. The molecule has 3 atom stereocenters. The van der Waals surface area contributed by atoms with Crippen molar-refractivity contribution in [2.75, 3.05) is 13.2 Å². The minimum absolute atomic E-state index is 0.0630. The molecule has 1 fully saturated rings. The van der Waals surface area contributed by atoms with Crippen LogP contribution in [0.15, 0.2) is 48.5 Å². The quantitative estimate of drug-likeness (QED) is 0.241. The Labute approximate surface area is 189 Å². The third-order valence-corrected chi connectivity index (χ3v) is 5.27. The highest BCUT2D eigenvalue weighted by molar-refractivity contribution is 5.64. The Hall–Kier alpha value is -2.44. The first-order chi connectivity index (χ1) is 15.4. The van der Waals surface area contributed by atoms with Gasteiger partial charge in [0.2, 0.25) is 0 Å². The van der Waals surface area contributed by atoms with Crippen molar-refractivity contribution < 1.29 is 30.5 Å². The van der Waals surface area contributed by atoms with Crippen molar-refractivity contribution in [3.8, 4) is 29.2 Å². The summed E-state index contributed by atoms with van der Waals surface area (Å²) in [7, 11) is 0. The number of unbranched alkanes of at least 4 members (excludes halogenated alkanes) is 2. The van der Waals surface area contributed by atoms with Gasteiger partial charge in [-0.3, -0.25) is 10.4 Å². The zero-order valence-electron chi connectivity index (χ0n) is 18.2. The first-order valence-corrected chi connectivity index (χ1v) is 10.8. The average Bonchev–Trinajstić information content (AvgIpc) is 2.79. The molecule has 0 spiro atoms. The van der Waals surface area contributed by atoms with E-state index in [1.807, 2.05) is 12.1 Å². The first kappa shape index (κ1) is 25.8. The van der Waals surface area contributed by atoms with Crippen LogP contribution in [0.1, 0.15) is 37.7 Å². The molecular weight excluding hydrogens is 410 g/mol. The van der Waals surface area contributed by atoms with Crippen LogP contribution in [-0.2, 0) is 11.2 Å². The maximum Gasteiger partial charge on any atom is 0.115 e. The van der Waals surface area contributed by atoms with Crippen LogP contribution in [0.4, 0.5) is 0 Å². The molecule has 0 saturated carbocycles. The summed E-state index contributed by atoms with van der Waals surface area (Å²) in [5.74, 6) is 2.97. The number of benzene rings is 2. The number of hydrogen-bond donors (Lipinski definition) is 5. The molecule has 7 nitrogen and oxygen atoms in total. The molecule has 32 heavy (non-hydrogen) atoms. The van der Waals surface area contributed by atoms with Gasteiger partial charge in [0.05, 0.1) is 25.4 Å². The monoisotopic (exact) mass is 443 g/mol. The molecule has 2 aromatic carbocycles. The Balaban J connectivity index is 0.000000244. The lowest BCUT2D eigenvalue weighted by Gasteiger charge is -2.30. The number of aryl methyl sites for hydroxylation is 1. The maximum absolute atomic E-state index is 9.31. The van der Waals surface area contributed by atoms with Crippen LogP contribution in [0.25, 0.3) is 11.1 Å². The van der Waals surface area contributed by atoms with Crippen molar-refractivity contribution in [2.24, 2.45) is 0 Å². The van der Waals surface area contributed by atoms with Gasteiger partial charge in [0.25, 0.3) is 0 Å². The Morgan fingerprint density at radius 1 is 1.00 bits per heavy atom. The number of nitrogens with zero attached hydrogens (tertiary/aromatic N) is 1. The van der Waals surface area contributed by atoms with Crippen LogP contribution in [0.3, 0.4) is 0 Å². The van der Waals surface area contributed by atoms with Crippen molar-refractivity contribution in [3.63, 3.8) is 0 Å². The molecule has 1 heterocycles. The fourth-order valence-corrected chi connectivity index (χ4v) is 3.42. The predicted molar refractivity (Wildman–Crippen MR) is 121 cm³/mol. The third kappa shape index (κ3) is 9.37. The highest BCUT2D eigenvalue weighted by Gasteiger charge is 2.28. The third-order valence-electron chi connectivity index (χ3n) is 5.27. The largest absolute Gasteiger partial charge is 0.508 e. The van der Waals surface area contributed by atoms with Gasteiger partial charge in [-0.05, 0) is 54.5 Å². The SMILES string of the molecule is C#CCCCCc1cccc(-c2ccc(O)cc2)c1.OC1COC(CCN(O)O)CC1O. The number of hydrogen-bond acceptors (Lipinski definition) is 7. The van der Waals surface area contributed by atoms with Crippen LogP contribution in [0, 0.1) is 12.3 Å². The van der Waals surface area contributed by atoms with E-state index in [1.165, 1.54) is 11.1 Å². The van der Waals surface area contributed by atoms with Gasteiger partial charge in [-0.1, -0.05) is 41.6 Å². The molecule has 0 aliphatic carbocycles. The fourth-order valence-electron chi connectivity index (χ4n) is 3.42. The predicted octanol–water partition coefficient (Wildman–Crippen LogP) is 3.37. The van der Waals surface area contributed by atoms with Crippen molar-refractivity contribution in [1.29, 1.82) is 0 Å². The number of aliphatic hydroxyl groups excluding tert-OH is 2. The Morgan fingerprint density at radius 3 is 2.41 bits per heavy atom. The fraction of sp³-hybridized carbons (Fsp3) is 0.440. The van der Waals surface area contributed by atoms with Gasteiger partial charge in [-0.15, -0.1) is 12.3 Å². The van der Waals surface area contributed by atoms with Crippen molar-refractivity contribution in [3.05, 3.63) is 54.1 Å². The van der Waals surface area contributed by atoms with E-state index in [4.69, 9.17) is 26.7 Å². The lowest BCUT2D eigenvalue weighted by Crippen LogP contribution is -2.42. The minimum Gasteiger partial charge on any atom is -0.508 e. The van der Waals surface area contributed by atoms with E-state index in [1.54, 1.807) is 12.1 Å². The number of phenols is 1. The summed E-state index contributed by atoms with van der Waals surface area (Å²) >= 11 is 0. The molecule has 3 rings (SSSR count). The Bertz CT molecular complexity index is 833. The molecule has 5 N–H and O–H groups in total. The molecule has 2 aromatic rings. The molecule has 174 valence electrons. The summed E-state index contributed by atoms with van der Waals surface area (Å²) in [6.07, 6.45) is 8.31. The van der Waals surface area contributed by atoms with E-state index in [-0.39, 0.29) is 24.5 Å². The number of ether oxygens (including phenoxy) is 1. The van der Waals surface area contributed by atoms with Crippen LogP contribution < -0.4 is 0 Å². The molecule has 0 bridgehead atoms. The van der Waals surface area contributed by atoms with E-state index in [0.29, 0.717) is 18.6 Å². The zero-order valence-corrected chi connectivity index (χ0v) is 18.2. The van der Waals surface area contributed by atoms with Gasteiger partial charge in [-0.25, -0.2) is 0 Å². The summed E-state index contributed by atoms with van der Waals surface area (Å²) in [5.41, 5.74) is 3.65. The number of rotatable bonds is 8. The van der Waals surface area contributed by atoms with E-state index < -0.39 is 12.2 Å². The lowest BCUT2D eigenvalue weighted by molar-refractivity contribution is -0.309. The van der Waals surface area contributed by atoms with Gasteiger partial charge < -0.3 is 20.1 Å². The van der Waals surface area contributed by atoms with Crippen LogP contribution in [-0.4, -0.2) is 62.4 Å². The van der Waals surface area contributed by atoms with Crippen molar-refractivity contribution in [2.45, 2.75) is 56.8 Å². The summed E-state index contributed by atoms with van der Waals surface area (Å²) in [6.45, 7) is 0.163. The maximum atomic E-state index is 9.31. The molecule has 0 amide bonds. The second-order valence-corrected chi connectivity index (χ2v) is 7.87. The highest BCUT2D eigenvalue weighted by atomic mass is 16.8. The van der Waals surface area contributed by atoms with E-state index >= 15 is 0 Å². The van der Waals surface area contributed by atoms with Crippen LogP contribution in [0.2, 0.25) is 0 Å². The summed E-state index contributed by atoms with van der Waals surface area (Å²) in [4.78, 5) is 0. The summed E-state index contributed by atoms with van der Waals surface area (Å²) in [6, 6.07) is 15.8. The highest BCUT2D eigenvalue weighted by Crippen LogP contribution is 2.23. The molecule has 1 aliphatic rings. The van der Waals surface area contributed by atoms with Crippen molar-refractivity contribution in [1.82, 2.24) is 5.23 Å². The second-order valence-electron chi connectivity index (χ2n) is 7.87. The number of phenolic OH excluding ortho intramolecular Hbond substituents is 1. The smallest absolute Gasteiger partial charge is 0.115 e. The Kier molecular flexibility index (Phi) is 11.2. The standard InChI is InChI=1S/C18H18O.C7H15NO5/c1-2-3-4-5-7-15-8-6-9-17(14-15)16-10-12-18(19)13-11-16;9-6-3-5(1-2-8(11)12)13-4-7(6)10/h1,6,8-14,19H,3-5,7H2;5-7,9-12H,1-4H2. The molecule has 7 heteroatoms. The van der Waals surface area contributed by atoms with Gasteiger partial charge in [0.1, 0.15) is 11.9 Å².